The van der Waals surface area contributed by atoms with Gasteiger partial charge in [-0.2, -0.15) is 0 Å². The molecular formula is C13H13N3O2. The van der Waals surface area contributed by atoms with Crippen molar-refractivity contribution < 1.29 is 4.92 Å². The van der Waals surface area contributed by atoms with Crippen LogP contribution < -0.4 is 5.32 Å². The molecule has 0 aliphatic carbocycles. The smallest absolute Gasteiger partial charge is 0.295 e. The van der Waals surface area contributed by atoms with Crippen molar-refractivity contribution in [3.8, 4) is 11.3 Å². The van der Waals surface area contributed by atoms with Crippen LogP contribution in [0.2, 0.25) is 0 Å². The zero-order valence-corrected chi connectivity index (χ0v) is 10.2. The number of benzene rings is 1. The maximum atomic E-state index is 11.0. The lowest BCUT2D eigenvalue weighted by Gasteiger charge is -2.06. The van der Waals surface area contributed by atoms with Crippen molar-refractivity contribution in [2.45, 2.75) is 6.92 Å². The van der Waals surface area contributed by atoms with Gasteiger partial charge in [-0.05, 0) is 19.1 Å². The second-order valence-corrected chi connectivity index (χ2v) is 3.94. The van der Waals surface area contributed by atoms with Crippen molar-refractivity contribution in [1.82, 2.24) is 4.98 Å². The van der Waals surface area contributed by atoms with E-state index in [4.69, 9.17) is 0 Å². The Hall–Kier alpha value is -2.43. The van der Waals surface area contributed by atoms with E-state index < -0.39 is 4.92 Å². The second-order valence-electron chi connectivity index (χ2n) is 3.94. The monoisotopic (exact) mass is 243 g/mol. The summed E-state index contributed by atoms with van der Waals surface area (Å²) in [5, 5.41) is 13.9. The third-order valence-electron chi connectivity index (χ3n) is 2.62. The van der Waals surface area contributed by atoms with Gasteiger partial charge in [0.1, 0.15) is 5.82 Å². The molecule has 0 spiro atoms. The standard InChI is InChI=1S/C13H13N3O2/c1-9-4-3-5-10(8-9)13-11(16(17)18)6-7-12(14-2)15-13/h3-8H,1-2H3,(H,14,15). The fourth-order valence-electron chi connectivity index (χ4n) is 1.74. The van der Waals surface area contributed by atoms with E-state index in [1.54, 1.807) is 13.1 Å². The highest BCUT2D eigenvalue weighted by Gasteiger charge is 2.17. The molecule has 0 aliphatic rings. The zero-order chi connectivity index (χ0) is 13.1. The molecule has 1 aromatic carbocycles. The lowest BCUT2D eigenvalue weighted by molar-refractivity contribution is -0.384. The number of anilines is 1. The molecule has 2 aromatic rings. The van der Waals surface area contributed by atoms with Gasteiger partial charge in [-0.1, -0.05) is 23.8 Å². The summed E-state index contributed by atoms with van der Waals surface area (Å²) in [6, 6.07) is 10.6. The maximum Gasteiger partial charge on any atom is 0.295 e. The highest BCUT2D eigenvalue weighted by atomic mass is 16.6. The molecule has 0 atom stereocenters. The van der Waals surface area contributed by atoms with Crippen LogP contribution in [0.1, 0.15) is 5.56 Å². The Kier molecular flexibility index (Phi) is 3.23. The number of aromatic nitrogens is 1. The lowest BCUT2D eigenvalue weighted by Crippen LogP contribution is -1.99. The van der Waals surface area contributed by atoms with Gasteiger partial charge in [-0.15, -0.1) is 0 Å². The highest BCUT2D eigenvalue weighted by Crippen LogP contribution is 2.29. The number of nitrogens with zero attached hydrogens (tertiary/aromatic N) is 2. The number of hydrogen-bond acceptors (Lipinski definition) is 4. The Balaban J connectivity index is 2.63. The quantitative estimate of drug-likeness (QED) is 0.664. The summed E-state index contributed by atoms with van der Waals surface area (Å²) < 4.78 is 0. The summed E-state index contributed by atoms with van der Waals surface area (Å²) in [6.07, 6.45) is 0. The summed E-state index contributed by atoms with van der Waals surface area (Å²) in [6.45, 7) is 1.94. The first-order valence-electron chi connectivity index (χ1n) is 5.52. The van der Waals surface area contributed by atoms with Crippen LogP contribution in [0, 0.1) is 17.0 Å². The molecule has 18 heavy (non-hydrogen) atoms. The van der Waals surface area contributed by atoms with Gasteiger partial charge in [0.2, 0.25) is 0 Å². The number of nitro groups is 1. The normalized spacial score (nSPS) is 10.1. The van der Waals surface area contributed by atoms with Crippen molar-refractivity contribution in [3.63, 3.8) is 0 Å². The lowest BCUT2D eigenvalue weighted by atomic mass is 10.1. The highest BCUT2D eigenvalue weighted by molar-refractivity contribution is 5.71. The first-order chi connectivity index (χ1) is 8.61. The third-order valence-corrected chi connectivity index (χ3v) is 2.62. The van der Waals surface area contributed by atoms with Crippen LogP contribution in [0.15, 0.2) is 36.4 Å². The predicted molar refractivity (Wildman–Crippen MR) is 70.6 cm³/mol. The Bertz CT molecular complexity index is 597. The minimum absolute atomic E-state index is 0.0135. The van der Waals surface area contributed by atoms with Gasteiger partial charge in [0.15, 0.2) is 5.69 Å². The van der Waals surface area contributed by atoms with Gasteiger partial charge in [-0.3, -0.25) is 10.1 Å². The molecule has 0 aliphatic heterocycles. The number of nitrogens with one attached hydrogen (secondary N) is 1. The Morgan fingerprint density at radius 1 is 1.28 bits per heavy atom. The van der Waals surface area contributed by atoms with E-state index in [-0.39, 0.29) is 5.69 Å². The average Bonchev–Trinajstić information content (AvgIpc) is 2.38. The van der Waals surface area contributed by atoms with Gasteiger partial charge >= 0.3 is 0 Å². The summed E-state index contributed by atoms with van der Waals surface area (Å²) in [5.74, 6) is 0.608. The number of rotatable bonds is 3. The zero-order valence-electron chi connectivity index (χ0n) is 10.2. The molecule has 5 heteroatoms. The first-order valence-corrected chi connectivity index (χ1v) is 5.52. The topological polar surface area (TPSA) is 68.1 Å². The second kappa shape index (κ2) is 4.83. The van der Waals surface area contributed by atoms with Crippen molar-refractivity contribution in [3.05, 3.63) is 52.1 Å². The van der Waals surface area contributed by atoms with Gasteiger partial charge in [-0.25, -0.2) is 4.98 Å². The Labute approximate surface area is 105 Å². The molecule has 0 amide bonds. The Morgan fingerprint density at radius 3 is 2.67 bits per heavy atom. The summed E-state index contributed by atoms with van der Waals surface area (Å²) in [7, 11) is 1.73. The predicted octanol–water partition coefficient (Wildman–Crippen LogP) is 3.01. The van der Waals surface area contributed by atoms with E-state index in [1.807, 2.05) is 31.2 Å². The van der Waals surface area contributed by atoms with Gasteiger partial charge < -0.3 is 5.32 Å². The number of pyridine rings is 1. The molecular weight excluding hydrogens is 230 g/mol. The molecule has 0 bridgehead atoms. The van der Waals surface area contributed by atoms with Crippen molar-refractivity contribution >= 4 is 11.5 Å². The van der Waals surface area contributed by atoms with E-state index >= 15 is 0 Å². The van der Waals surface area contributed by atoms with Gasteiger partial charge in [0.25, 0.3) is 5.69 Å². The minimum atomic E-state index is -0.413. The van der Waals surface area contributed by atoms with Crippen LogP contribution >= 0.6 is 0 Å². The summed E-state index contributed by atoms with van der Waals surface area (Å²) in [5.41, 5.74) is 2.19. The molecule has 1 N–H and O–H groups in total. The van der Waals surface area contributed by atoms with E-state index in [2.05, 4.69) is 10.3 Å². The van der Waals surface area contributed by atoms with Crippen molar-refractivity contribution in [2.24, 2.45) is 0 Å². The number of hydrogen-bond donors (Lipinski definition) is 1. The summed E-state index contributed by atoms with van der Waals surface area (Å²) >= 11 is 0. The van der Waals surface area contributed by atoms with E-state index in [9.17, 15) is 10.1 Å². The fourth-order valence-corrected chi connectivity index (χ4v) is 1.74. The van der Waals surface area contributed by atoms with Crippen molar-refractivity contribution in [2.75, 3.05) is 12.4 Å². The third kappa shape index (κ3) is 2.29. The maximum absolute atomic E-state index is 11.0. The first kappa shape index (κ1) is 12.0. The molecule has 0 radical (unpaired) electrons. The van der Waals surface area contributed by atoms with Gasteiger partial charge in [0, 0.05) is 18.7 Å². The van der Waals surface area contributed by atoms with Gasteiger partial charge in [0.05, 0.1) is 4.92 Å². The average molecular weight is 243 g/mol. The summed E-state index contributed by atoms with van der Waals surface area (Å²) in [4.78, 5) is 14.9. The largest absolute Gasteiger partial charge is 0.373 e. The molecule has 1 heterocycles. The number of aryl methyl sites for hydroxylation is 1. The van der Waals surface area contributed by atoms with Crippen LogP contribution in [0.25, 0.3) is 11.3 Å². The Morgan fingerprint density at radius 2 is 2.06 bits per heavy atom. The van der Waals surface area contributed by atoms with Crippen LogP contribution in [-0.4, -0.2) is 17.0 Å². The molecule has 0 saturated heterocycles. The van der Waals surface area contributed by atoms with E-state index in [0.29, 0.717) is 11.5 Å². The molecule has 0 unspecified atom stereocenters. The molecule has 92 valence electrons. The fraction of sp³-hybridized carbons (Fsp3) is 0.154. The molecule has 5 nitrogen and oxygen atoms in total. The SMILES string of the molecule is CNc1ccc([N+](=O)[O-])c(-c2cccc(C)c2)n1. The van der Waals surface area contributed by atoms with E-state index in [0.717, 1.165) is 11.1 Å². The van der Waals surface area contributed by atoms with Crippen LogP contribution in [0.4, 0.5) is 11.5 Å². The van der Waals surface area contributed by atoms with Crippen LogP contribution in [0.3, 0.4) is 0 Å². The van der Waals surface area contributed by atoms with E-state index in [1.165, 1.54) is 6.07 Å². The van der Waals surface area contributed by atoms with Crippen molar-refractivity contribution in [1.29, 1.82) is 0 Å². The van der Waals surface area contributed by atoms with Crippen LogP contribution in [-0.2, 0) is 0 Å². The molecule has 1 aromatic heterocycles. The molecule has 0 saturated carbocycles. The molecule has 2 rings (SSSR count). The molecule has 0 fully saturated rings. The van der Waals surface area contributed by atoms with Crippen LogP contribution in [0.5, 0.6) is 0 Å². The minimum Gasteiger partial charge on any atom is -0.373 e.